The Bertz CT molecular complexity index is 97.3. The summed E-state index contributed by atoms with van der Waals surface area (Å²) >= 11 is 0. The third-order valence-electron chi connectivity index (χ3n) is 1.82. The van der Waals surface area contributed by atoms with Crippen LogP contribution in [0.1, 0.15) is 38.5 Å². The predicted octanol–water partition coefficient (Wildman–Crippen LogP) is 5.25. The van der Waals surface area contributed by atoms with Gasteiger partial charge in [0.25, 0.3) is 0 Å². The Morgan fingerprint density at radius 1 is 0.467 bits per heavy atom. The van der Waals surface area contributed by atoms with Gasteiger partial charge in [-0.1, -0.05) is 24.3 Å². The van der Waals surface area contributed by atoms with Crippen molar-refractivity contribution in [2.75, 3.05) is 0 Å². The second-order valence-electron chi connectivity index (χ2n) is 2.80. The Labute approximate surface area is 114 Å². The van der Waals surface area contributed by atoms with Crippen LogP contribution in [-0.4, -0.2) is 0 Å². The van der Waals surface area contributed by atoms with Gasteiger partial charge in [-0.2, -0.15) is 0 Å². The van der Waals surface area contributed by atoms with Crippen molar-refractivity contribution in [1.82, 2.24) is 0 Å². The summed E-state index contributed by atoms with van der Waals surface area (Å²) in [6.45, 7) is 0. The first-order valence-corrected chi connectivity index (χ1v) is 4.30. The number of allylic oxidation sites excluding steroid dienone is 4. The Morgan fingerprint density at radius 3 is 0.733 bits per heavy atom. The monoisotopic (exact) mass is 244 g/mol. The molecule has 0 nitrogen and oxygen atoms in total. The van der Waals surface area contributed by atoms with E-state index in [1.165, 1.54) is 38.5 Å². The van der Waals surface area contributed by atoms with Gasteiger partial charge in [0.1, 0.15) is 0 Å². The van der Waals surface area contributed by atoms with Gasteiger partial charge in [0.05, 0.1) is 0 Å². The van der Waals surface area contributed by atoms with E-state index < -0.39 is 0 Å². The van der Waals surface area contributed by atoms with E-state index in [1.54, 1.807) is 0 Å². The molecule has 0 radical (unpaired) electrons. The second kappa shape index (κ2) is 23.8. The first kappa shape index (κ1) is 29.5. The Kier molecular flexibility index (Phi) is 46.7. The zero-order chi connectivity index (χ0) is 7.07. The quantitative estimate of drug-likeness (QED) is 0.310. The van der Waals surface area contributed by atoms with Crippen LogP contribution in [0.3, 0.4) is 0 Å². The van der Waals surface area contributed by atoms with E-state index in [-0.39, 0.29) is 51.4 Å². The van der Waals surface area contributed by atoms with Gasteiger partial charge in [-0.15, -0.1) is 0 Å². The van der Waals surface area contributed by atoms with E-state index in [1.807, 2.05) is 0 Å². The maximum absolute atomic E-state index is 2.24. The standard InChI is InChI=1S/2C5H8.4CH3.Ti/c2*1-2-4-5-3-1;;;;;/h2*1-2H,3-5H2;4*1H3;/q;;4*-1;+4. The Morgan fingerprint density at radius 2 is 0.667 bits per heavy atom. The number of rotatable bonds is 0. The van der Waals surface area contributed by atoms with E-state index in [9.17, 15) is 0 Å². The minimum absolute atomic E-state index is 0. The molecule has 0 fully saturated rings. The average Bonchev–Trinajstić information content (AvgIpc) is 2.67. The molecule has 0 aromatic rings. The van der Waals surface area contributed by atoms with Crippen LogP contribution in [0.2, 0.25) is 0 Å². The van der Waals surface area contributed by atoms with Crippen molar-refractivity contribution in [2.45, 2.75) is 38.5 Å². The van der Waals surface area contributed by atoms with E-state index >= 15 is 0 Å². The van der Waals surface area contributed by atoms with Crippen LogP contribution in [0.25, 0.3) is 0 Å². The SMILES string of the molecule is C1=CCCC1.C1=CCCC1.[CH3-].[CH3-].[CH3-].[CH3-].[Ti+4]. The molecule has 0 amide bonds. The molecule has 0 saturated heterocycles. The maximum atomic E-state index is 2.24. The first-order valence-electron chi connectivity index (χ1n) is 4.30. The van der Waals surface area contributed by atoms with E-state index in [4.69, 9.17) is 0 Å². The molecule has 0 aromatic heterocycles. The largest absolute Gasteiger partial charge is 4.00 e. The molecule has 0 atom stereocenters. The third kappa shape index (κ3) is 20.3. The van der Waals surface area contributed by atoms with Crippen molar-refractivity contribution in [3.8, 4) is 0 Å². The van der Waals surface area contributed by atoms with E-state index in [0.29, 0.717) is 0 Å². The summed E-state index contributed by atoms with van der Waals surface area (Å²) in [5, 5.41) is 0. The normalized spacial score (nSPS) is 13.9. The molecule has 0 unspecified atom stereocenters. The zero-order valence-electron chi connectivity index (χ0n) is 11.1. The summed E-state index contributed by atoms with van der Waals surface area (Å²) in [6.07, 6.45) is 17.0. The molecule has 0 N–H and O–H groups in total. The fraction of sp³-hybridized carbons (Fsp3) is 0.429. The van der Waals surface area contributed by atoms with Crippen molar-refractivity contribution in [3.05, 3.63) is 54.0 Å². The maximum Gasteiger partial charge on any atom is 4.00 e. The number of hydrogen-bond acceptors (Lipinski definition) is 0. The second-order valence-corrected chi connectivity index (χ2v) is 2.80. The molecular weight excluding hydrogens is 216 g/mol. The van der Waals surface area contributed by atoms with Gasteiger partial charge in [-0.05, 0) is 38.5 Å². The fourth-order valence-electron chi connectivity index (χ4n) is 1.18. The van der Waals surface area contributed by atoms with Crippen LogP contribution >= 0.6 is 0 Å². The van der Waals surface area contributed by atoms with Gasteiger partial charge in [-0.25, -0.2) is 0 Å². The third-order valence-corrected chi connectivity index (χ3v) is 1.82. The van der Waals surface area contributed by atoms with Crippen molar-refractivity contribution in [3.63, 3.8) is 0 Å². The molecule has 88 valence electrons. The Hall–Kier alpha value is 0.194. The topological polar surface area (TPSA) is 0 Å². The molecular formula is C14H28Ti. The van der Waals surface area contributed by atoms with Crippen LogP contribution < -0.4 is 0 Å². The van der Waals surface area contributed by atoms with Gasteiger partial charge in [0.15, 0.2) is 0 Å². The predicted molar refractivity (Wildman–Crippen MR) is 71.6 cm³/mol. The number of hydrogen-bond donors (Lipinski definition) is 0. The summed E-state index contributed by atoms with van der Waals surface area (Å²) in [6, 6.07) is 0. The summed E-state index contributed by atoms with van der Waals surface area (Å²) in [5.41, 5.74) is 0. The summed E-state index contributed by atoms with van der Waals surface area (Å²) in [5.74, 6) is 0. The molecule has 0 bridgehead atoms. The van der Waals surface area contributed by atoms with Crippen molar-refractivity contribution in [2.24, 2.45) is 0 Å². The molecule has 1 heteroatoms. The molecule has 2 rings (SSSR count). The van der Waals surface area contributed by atoms with Crippen LogP contribution in [-0.2, 0) is 21.7 Å². The van der Waals surface area contributed by atoms with Crippen LogP contribution in [0.4, 0.5) is 0 Å². The molecule has 0 aliphatic heterocycles. The van der Waals surface area contributed by atoms with Crippen molar-refractivity contribution >= 4 is 0 Å². The van der Waals surface area contributed by atoms with Crippen LogP contribution in [0, 0.1) is 29.7 Å². The average molecular weight is 244 g/mol. The first-order chi connectivity index (χ1) is 5.00. The molecule has 2 aliphatic rings. The van der Waals surface area contributed by atoms with Gasteiger partial charge in [0, 0.05) is 0 Å². The molecule has 0 heterocycles. The summed E-state index contributed by atoms with van der Waals surface area (Å²) < 4.78 is 0. The summed E-state index contributed by atoms with van der Waals surface area (Å²) in [4.78, 5) is 0. The zero-order valence-corrected chi connectivity index (χ0v) is 12.6. The minimum atomic E-state index is 0. The van der Waals surface area contributed by atoms with Crippen molar-refractivity contribution in [1.29, 1.82) is 0 Å². The minimum Gasteiger partial charge on any atom is -0.358 e. The Balaban J connectivity index is -0.0000000333. The smallest absolute Gasteiger partial charge is 0.358 e. The molecule has 2 aliphatic carbocycles. The van der Waals surface area contributed by atoms with Gasteiger partial charge in [-0.3, -0.25) is 0 Å². The fourth-order valence-corrected chi connectivity index (χ4v) is 1.18. The van der Waals surface area contributed by atoms with Gasteiger partial charge >= 0.3 is 21.7 Å². The molecule has 0 aromatic carbocycles. The molecule has 0 spiro atoms. The van der Waals surface area contributed by atoms with Gasteiger partial charge < -0.3 is 29.7 Å². The van der Waals surface area contributed by atoms with Crippen LogP contribution in [0.15, 0.2) is 24.3 Å². The molecule has 15 heavy (non-hydrogen) atoms. The van der Waals surface area contributed by atoms with Crippen molar-refractivity contribution < 1.29 is 21.7 Å². The summed E-state index contributed by atoms with van der Waals surface area (Å²) in [7, 11) is 0. The van der Waals surface area contributed by atoms with Gasteiger partial charge in [0.2, 0.25) is 0 Å². The van der Waals surface area contributed by atoms with Crippen LogP contribution in [0.5, 0.6) is 0 Å². The molecule has 0 saturated carbocycles. The van der Waals surface area contributed by atoms with E-state index in [0.717, 1.165) is 0 Å². The van der Waals surface area contributed by atoms with E-state index in [2.05, 4.69) is 24.3 Å².